The molecule has 1 aromatic carbocycles. The number of hydrogen-bond acceptors (Lipinski definition) is 11. The topological polar surface area (TPSA) is 340 Å². The summed E-state index contributed by atoms with van der Waals surface area (Å²) in [5, 5.41) is 51.1. The number of hydrogen-bond donors (Lipinski definition) is 11. The van der Waals surface area contributed by atoms with Gasteiger partial charge in [-0.2, -0.15) is 0 Å². The first kappa shape index (κ1) is 47.3. The number of rotatable bonds is 22. The van der Waals surface area contributed by atoms with E-state index in [0.29, 0.717) is 5.56 Å². The highest BCUT2D eigenvalue weighted by Crippen LogP contribution is 2.22. The molecule has 1 fully saturated rings. The monoisotopic (exact) mass is 830 g/mol. The fourth-order valence-electron chi connectivity index (χ4n) is 6.66. The lowest BCUT2D eigenvalue weighted by molar-refractivity contribution is -0.146. The number of nitrogens with one attached hydrogen (secondary N) is 6. The van der Waals surface area contributed by atoms with E-state index in [-0.39, 0.29) is 38.1 Å². The molecular weight excluding hydrogens is 776 g/mol. The molecule has 21 nitrogen and oxygen atoms in total. The molecule has 59 heavy (non-hydrogen) atoms. The van der Waals surface area contributed by atoms with Crippen LogP contribution in [0.2, 0.25) is 0 Å². The van der Waals surface area contributed by atoms with Crippen molar-refractivity contribution in [1.82, 2.24) is 36.5 Å². The van der Waals surface area contributed by atoms with E-state index in [2.05, 4.69) is 31.6 Å². The van der Waals surface area contributed by atoms with E-state index in [0.717, 1.165) is 15.8 Å². The third kappa shape index (κ3) is 13.5. The molecule has 324 valence electrons. The minimum Gasteiger partial charge on any atom is -0.481 e. The summed E-state index contributed by atoms with van der Waals surface area (Å²) in [4.78, 5) is 120. The van der Waals surface area contributed by atoms with Gasteiger partial charge in [-0.15, -0.1) is 0 Å². The van der Waals surface area contributed by atoms with Crippen LogP contribution in [-0.2, 0) is 49.6 Å². The number of carbonyl (C=O) groups excluding carboxylic acids is 6. The normalized spacial score (nSPS) is 16.9. The molecule has 3 rings (SSSR count). The van der Waals surface area contributed by atoms with Crippen LogP contribution >= 0.6 is 0 Å². The lowest BCUT2D eigenvalue weighted by Gasteiger charge is -2.30. The third-order valence-corrected chi connectivity index (χ3v) is 9.68. The Balaban J connectivity index is 1.81. The van der Waals surface area contributed by atoms with Gasteiger partial charge in [0.15, 0.2) is 0 Å². The minimum absolute atomic E-state index is 0.0147. The lowest BCUT2D eigenvalue weighted by Crippen LogP contribution is -2.60. The van der Waals surface area contributed by atoms with Crippen molar-refractivity contribution < 1.29 is 63.6 Å². The van der Waals surface area contributed by atoms with E-state index in [1.807, 2.05) is 0 Å². The maximum Gasteiger partial charge on any atom is 0.326 e. The number of nitrogens with two attached hydrogens (primary N) is 1. The van der Waals surface area contributed by atoms with Crippen molar-refractivity contribution in [2.75, 3.05) is 13.2 Å². The summed E-state index contributed by atoms with van der Waals surface area (Å²) in [5.74, 6) is -10.8. The smallest absolute Gasteiger partial charge is 0.326 e. The Bertz CT molecular complexity index is 1880. The van der Waals surface area contributed by atoms with Crippen molar-refractivity contribution in [3.8, 4) is 0 Å². The van der Waals surface area contributed by atoms with Gasteiger partial charge in [-0.1, -0.05) is 45.9 Å². The number of aliphatic carboxylic acids is 3. The molecule has 0 saturated carbocycles. The van der Waals surface area contributed by atoms with Crippen molar-refractivity contribution in [3.63, 3.8) is 0 Å². The maximum atomic E-state index is 13.9. The van der Waals surface area contributed by atoms with E-state index >= 15 is 0 Å². The Labute approximate surface area is 339 Å². The quantitative estimate of drug-likeness (QED) is 0.0623. The fourth-order valence-corrected chi connectivity index (χ4v) is 6.66. The number of likely N-dealkylation sites (tertiary alicyclic amines) is 1. The molecule has 1 aliphatic heterocycles. The van der Waals surface area contributed by atoms with Crippen molar-refractivity contribution in [2.24, 2.45) is 17.6 Å². The first-order chi connectivity index (χ1) is 27.7. The molecule has 21 heteroatoms. The van der Waals surface area contributed by atoms with Crippen LogP contribution in [0.5, 0.6) is 0 Å². The molecule has 0 bridgehead atoms. The average molecular weight is 831 g/mol. The van der Waals surface area contributed by atoms with Gasteiger partial charge >= 0.3 is 17.9 Å². The third-order valence-electron chi connectivity index (χ3n) is 9.68. The van der Waals surface area contributed by atoms with Gasteiger partial charge < -0.3 is 62.6 Å². The molecular formula is C38H54N8O13. The summed E-state index contributed by atoms with van der Waals surface area (Å²) in [6, 6.07) is -3.23. The Morgan fingerprint density at radius 1 is 0.780 bits per heavy atom. The summed E-state index contributed by atoms with van der Waals surface area (Å²) >= 11 is 0. The molecule has 0 radical (unpaired) electrons. The number of carboxylic acid groups (broad SMARTS) is 3. The standard InChI is InChI=1S/C38H54N8O13/c1-18(2)12-22(39)32(52)41-25(14-29(48)49)33(53)44-27(17-47)35(55)43-26(15-30(50)51)37(57)46-11-7-10-28(46)36(56)42-24(34(54)45-31(19(3)4)38(58)59)13-20-16-40-23-9-6-5-8-21(20)23/h5-6,8-9,16,18-19,22,24-28,31,40,47H,7,10-15,17,39H2,1-4H3,(H,41,52)(H,42,56)(H,43,55)(H,44,53)(H,45,54)(H,48,49)(H,50,51)(H,58,59)/t22-,24-,25-,26-,27-,28-,31-/m0/s1. The zero-order chi connectivity index (χ0) is 44.1. The van der Waals surface area contributed by atoms with Crippen molar-refractivity contribution in [2.45, 2.75) is 109 Å². The van der Waals surface area contributed by atoms with Gasteiger partial charge in [-0.05, 0) is 42.7 Å². The number of carbonyl (C=O) groups is 9. The molecule has 0 spiro atoms. The van der Waals surface area contributed by atoms with Gasteiger partial charge in [0, 0.05) is 30.1 Å². The Kier molecular flexibility index (Phi) is 17.3. The van der Waals surface area contributed by atoms with Gasteiger partial charge in [-0.25, -0.2) is 4.79 Å². The average Bonchev–Trinajstić information content (AvgIpc) is 3.81. The number of aromatic amines is 1. The predicted octanol–water partition coefficient (Wildman–Crippen LogP) is -1.82. The molecule has 2 aromatic rings. The second-order valence-electron chi connectivity index (χ2n) is 15.2. The van der Waals surface area contributed by atoms with Gasteiger partial charge in [0.05, 0.1) is 25.5 Å². The Hall–Kier alpha value is -6.09. The number of benzene rings is 1. The highest BCUT2D eigenvalue weighted by molar-refractivity contribution is 5.99. The summed E-state index contributed by atoms with van der Waals surface area (Å²) in [6.45, 7) is 5.61. The minimum atomic E-state index is -1.86. The number of amides is 6. The number of fused-ring (bicyclic) bond motifs is 1. The summed E-state index contributed by atoms with van der Waals surface area (Å²) in [7, 11) is 0. The number of aliphatic hydroxyl groups excluding tert-OH is 1. The molecule has 6 amide bonds. The van der Waals surface area contributed by atoms with Crippen LogP contribution in [-0.4, -0.2) is 139 Å². The maximum absolute atomic E-state index is 13.9. The Morgan fingerprint density at radius 2 is 1.36 bits per heavy atom. The molecule has 1 aliphatic rings. The highest BCUT2D eigenvalue weighted by atomic mass is 16.4. The number of para-hydroxylation sites is 1. The largest absolute Gasteiger partial charge is 0.481 e. The number of aliphatic hydroxyl groups is 1. The van der Waals surface area contributed by atoms with Gasteiger partial charge in [0.25, 0.3) is 0 Å². The van der Waals surface area contributed by atoms with Crippen molar-refractivity contribution >= 4 is 64.3 Å². The number of aromatic nitrogens is 1. The second kappa shape index (κ2) is 21.6. The van der Waals surface area contributed by atoms with Crippen LogP contribution in [0.15, 0.2) is 30.5 Å². The molecule has 1 aromatic heterocycles. The first-order valence-electron chi connectivity index (χ1n) is 19.1. The number of carboxylic acids is 3. The van der Waals surface area contributed by atoms with Crippen molar-refractivity contribution in [1.29, 1.82) is 0 Å². The summed E-state index contributed by atoms with van der Waals surface area (Å²) < 4.78 is 0. The highest BCUT2D eigenvalue weighted by Gasteiger charge is 2.41. The van der Waals surface area contributed by atoms with Crippen LogP contribution in [0, 0.1) is 11.8 Å². The second-order valence-corrected chi connectivity index (χ2v) is 15.2. The van der Waals surface area contributed by atoms with Crippen LogP contribution < -0.4 is 32.3 Å². The first-order valence-corrected chi connectivity index (χ1v) is 19.1. The molecule has 0 aliphatic carbocycles. The van der Waals surface area contributed by atoms with E-state index < -0.39 is 121 Å². The van der Waals surface area contributed by atoms with E-state index in [1.165, 1.54) is 0 Å². The molecule has 2 heterocycles. The van der Waals surface area contributed by atoms with E-state index in [9.17, 15) is 63.6 Å². The molecule has 0 unspecified atom stereocenters. The van der Waals surface area contributed by atoms with Crippen LogP contribution in [0.4, 0.5) is 0 Å². The van der Waals surface area contributed by atoms with Gasteiger partial charge in [-0.3, -0.25) is 38.4 Å². The van der Waals surface area contributed by atoms with Gasteiger partial charge in [0.1, 0.15) is 36.3 Å². The predicted molar refractivity (Wildman–Crippen MR) is 208 cm³/mol. The Morgan fingerprint density at radius 3 is 1.95 bits per heavy atom. The molecule has 12 N–H and O–H groups in total. The zero-order valence-corrected chi connectivity index (χ0v) is 33.2. The SMILES string of the molecule is CC(C)C[C@H](N)C(=O)N[C@@H](CC(=O)O)C(=O)N[C@@H](CO)C(=O)N[C@@H](CC(=O)O)C(=O)N1CCC[C@H]1C(=O)N[C@@H](Cc1c[nH]c2ccccc12)C(=O)N[C@H](C(=O)O)C(C)C. The van der Waals surface area contributed by atoms with Crippen molar-refractivity contribution in [3.05, 3.63) is 36.0 Å². The molecule has 7 atom stereocenters. The van der Waals surface area contributed by atoms with Gasteiger partial charge in [0.2, 0.25) is 35.4 Å². The van der Waals surface area contributed by atoms with Crippen LogP contribution in [0.1, 0.15) is 65.4 Å². The van der Waals surface area contributed by atoms with Crippen LogP contribution in [0.25, 0.3) is 10.9 Å². The van der Waals surface area contributed by atoms with E-state index in [1.54, 1.807) is 58.2 Å². The summed E-state index contributed by atoms with van der Waals surface area (Å²) in [5.41, 5.74) is 7.22. The van der Waals surface area contributed by atoms with Crippen LogP contribution in [0.3, 0.4) is 0 Å². The number of H-pyrrole nitrogens is 1. The molecule has 1 saturated heterocycles. The number of nitrogens with zero attached hydrogens (tertiary/aromatic N) is 1. The zero-order valence-electron chi connectivity index (χ0n) is 33.2. The lowest BCUT2D eigenvalue weighted by atomic mass is 10.0. The fraction of sp³-hybridized carbons (Fsp3) is 0.553. The van der Waals surface area contributed by atoms with E-state index in [4.69, 9.17) is 5.73 Å². The summed E-state index contributed by atoms with van der Waals surface area (Å²) in [6.07, 6.45) is 0.186.